The SMILES string of the molecule is CCOC(=O)C1=C(c2ccccc2)N=c2s/c(=C3\C(=O)Nc4ccc(Cl)cc43)c(=O)n2[C@@H]1c1ccccc1. The van der Waals surface area contributed by atoms with Gasteiger partial charge in [-0.15, -0.1) is 0 Å². The molecule has 1 aromatic heterocycles. The average Bonchev–Trinajstić information content (AvgIpc) is 3.43. The second-order valence-corrected chi connectivity index (χ2v) is 10.1. The van der Waals surface area contributed by atoms with Crippen LogP contribution in [0.15, 0.2) is 94.2 Å². The Morgan fingerprint density at radius 2 is 1.76 bits per heavy atom. The number of esters is 1. The van der Waals surface area contributed by atoms with E-state index in [0.29, 0.717) is 32.3 Å². The van der Waals surface area contributed by atoms with E-state index in [1.807, 2.05) is 60.7 Å². The van der Waals surface area contributed by atoms with Crippen molar-refractivity contribution in [1.29, 1.82) is 0 Å². The number of hydrogen-bond acceptors (Lipinski definition) is 6. The molecule has 0 unspecified atom stereocenters. The first kappa shape index (κ1) is 24.1. The lowest BCUT2D eigenvalue weighted by Crippen LogP contribution is -2.40. The quantitative estimate of drug-likeness (QED) is 0.397. The summed E-state index contributed by atoms with van der Waals surface area (Å²) in [6.45, 7) is 1.90. The Labute approximate surface area is 226 Å². The minimum Gasteiger partial charge on any atom is -0.463 e. The van der Waals surface area contributed by atoms with Gasteiger partial charge in [-0.1, -0.05) is 83.6 Å². The maximum absolute atomic E-state index is 14.1. The number of aromatic nitrogens is 1. The Bertz CT molecular complexity index is 1830. The predicted molar refractivity (Wildman–Crippen MR) is 147 cm³/mol. The molecule has 0 radical (unpaired) electrons. The molecule has 2 aliphatic rings. The van der Waals surface area contributed by atoms with Crippen LogP contribution in [0.1, 0.15) is 29.7 Å². The molecule has 3 aromatic carbocycles. The maximum atomic E-state index is 14.1. The zero-order valence-electron chi connectivity index (χ0n) is 20.1. The molecule has 0 aliphatic carbocycles. The first-order chi connectivity index (χ1) is 18.5. The lowest BCUT2D eigenvalue weighted by atomic mass is 9.93. The maximum Gasteiger partial charge on any atom is 0.338 e. The van der Waals surface area contributed by atoms with Crippen molar-refractivity contribution < 1.29 is 14.3 Å². The molecule has 0 saturated heterocycles. The van der Waals surface area contributed by atoms with E-state index in [1.54, 1.807) is 25.1 Å². The third kappa shape index (κ3) is 3.89. The van der Waals surface area contributed by atoms with Gasteiger partial charge in [0.1, 0.15) is 4.53 Å². The highest BCUT2D eigenvalue weighted by Gasteiger charge is 2.36. The molecule has 0 saturated carbocycles. The smallest absolute Gasteiger partial charge is 0.338 e. The van der Waals surface area contributed by atoms with Gasteiger partial charge in [0.15, 0.2) is 4.80 Å². The van der Waals surface area contributed by atoms with Crippen molar-refractivity contribution in [2.24, 2.45) is 4.99 Å². The summed E-state index contributed by atoms with van der Waals surface area (Å²) in [6.07, 6.45) is 0. The molecular weight excluding hydrogens is 522 g/mol. The second-order valence-electron chi connectivity index (χ2n) is 8.68. The number of amides is 1. The number of nitrogens with zero attached hydrogens (tertiary/aromatic N) is 2. The van der Waals surface area contributed by atoms with Crippen LogP contribution in [0.4, 0.5) is 5.69 Å². The van der Waals surface area contributed by atoms with Crippen LogP contribution in [0, 0.1) is 0 Å². The Balaban J connectivity index is 1.72. The van der Waals surface area contributed by atoms with Crippen molar-refractivity contribution in [3.8, 4) is 0 Å². The first-order valence-corrected chi connectivity index (χ1v) is 13.1. The summed E-state index contributed by atoms with van der Waals surface area (Å²) in [7, 11) is 0. The van der Waals surface area contributed by atoms with Crippen LogP contribution in [-0.2, 0) is 14.3 Å². The minimum absolute atomic E-state index is 0.165. The Hall–Kier alpha value is -4.27. The minimum atomic E-state index is -0.806. The number of halogens is 1. The van der Waals surface area contributed by atoms with E-state index in [-0.39, 0.29) is 22.3 Å². The number of fused-ring (bicyclic) bond motifs is 2. The van der Waals surface area contributed by atoms with E-state index >= 15 is 0 Å². The fourth-order valence-electron chi connectivity index (χ4n) is 4.81. The van der Waals surface area contributed by atoms with Gasteiger partial charge in [-0.2, -0.15) is 0 Å². The second kappa shape index (κ2) is 9.55. The van der Waals surface area contributed by atoms with Gasteiger partial charge in [0.05, 0.1) is 29.5 Å². The number of rotatable bonds is 4. The van der Waals surface area contributed by atoms with Crippen molar-refractivity contribution in [3.63, 3.8) is 0 Å². The van der Waals surface area contributed by atoms with Gasteiger partial charge in [-0.05, 0) is 30.7 Å². The van der Waals surface area contributed by atoms with Crippen molar-refractivity contribution in [1.82, 2.24) is 4.57 Å². The van der Waals surface area contributed by atoms with Crippen LogP contribution >= 0.6 is 22.9 Å². The monoisotopic (exact) mass is 541 g/mol. The zero-order chi connectivity index (χ0) is 26.4. The third-order valence-corrected chi connectivity index (χ3v) is 7.71. The van der Waals surface area contributed by atoms with E-state index in [4.69, 9.17) is 21.3 Å². The van der Waals surface area contributed by atoms with Gasteiger partial charge in [0, 0.05) is 21.8 Å². The molecule has 0 spiro atoms. The van der Waals surface area contributed by atoms with Gasteiger partial charge in [-0.25, -0.2) is 9.79 Å². The summed E-state index contributed by atoms with van der Waals surface area (Å²) in [5.41, 5.74) is 3.07. The van der Waals surface area contributed by atoms with Gasteiger partial charge in [0.2, 0.25) is 0 Å². The molecule has 2 aliphatic heterocycles. The molecule has 0 bridgehead atoms. The lowest BCUT2D eigenvalue weighted by Gasteiger charge is -2.25. The summed E-state index contributed by atoms with van der Waals surface area (Å²) >= 11 is 7.34. The summed E-state index contributed by atoms with van der Waals surface area (Å²) < 4.78 is 7.18. The molecule has 1 amide bonds. The number of carbonyl (C=O) groups excluding carboxylic acids is 2. The molecule has 4 aromatic rings. The normalized spacial score (nSPS) is 17.4. The highest BCUT2D eigenvalue weighted by Crippen LogP contribution is 2.36. The van der Waals surface area contributed by atoms with Gasteiger partial charge in [-0.3, -0.25) is 14.2 Å². The summed E-state index contributed by atoms with van der Waals surface area (Å²) in [4.78, 5) is 45.8. The number of nitrogens with one attached hydrogen (secondary N) is 1. The number of ether oxygens (including phenoxy) is 1. The summed E-state index contributed by atoms with van der Waals surface area (Å²) in [5, 5.41) is 3.26. The van der Waals surface area contributed by atoms with Crippen molar-refractivity contribution >= 4 is 51.8 Å². The molecular formula is C29H20ClN3O4S. The fraction of sp³-hybridized carbons (Fsp3) is 0.103. The molecule has 0 fully saturated rings. The van der Waals surface area contributed by atoms with E-state index in [9.17, 15) is 14.4 Å². The molecule has 9 heteroatoms. The Morgan fingerprint density at radius 3 is 2.47 bits per heavy atom. The van der Waals surface area contributed by atoms with Crippen LogP contribution in [-0.4, -0.2) is 23.1 Å². The number of hydrogen-bond donors (Lipinski definition) is 1. The zero-order valence-corrected chi connectivity index (χ0v) is 21.7. The standard InChI is InChI=1S/C29H20ClN3O4S/c1-2-37-28(36)22-23(16-9-5-3-6-10-16)32-29-33(24(22)17-11-7-4-8-12-17)27(35)25(38-29)21-19-15-18(30)13-14-20(19)31-26(21)34/h3-15,24H,2H2,1H3,(H,31,34)/b25-21-/t24-/m1/s1. The van der Waals surface area contributed by atoms with E-state index < -0.39 is 23.5 Å². The van der Waals surface area contributed by atoms with Crippen LogP contribution in [0.25, 0.3) is 11.3 Å². The molecule has 3 heterocycles. The lowest BCUT2D eigenvalue weighted by molar-refractivity contribution is -0.138. The number of carbonyl (C=O) groups is 2. The molecule has 188 valence electrons. The van der Waals surface area contributed by atoms with Crippen molar-refractivity contribution in [2.45, 2.75) is 13.0 Å². The van der Waals surface area contributed by atoms with Gasteiger partial charge < -0.3 is 10.1 Å². The third-order valence-electron chi connectivity index (χ3n) is 6.42. The van der Waals surface area contributed by atoms with Crippen LogP contribution < -0.4 is 20.2 Å². The average molecular weight is 542 g/mol. The van der Waals surface area contributed by atoms with Gasteiger partial charge in [0.25, 0.3) is 11.5 Å². The van der Waals surface area contributed by atoms with Crippen LogP contribution in [0.5, 0.6) is 0 Å². The van der Waals surface area contributed by atoms with Crippen molar-refractivity contribution in [2.75, 3.05) is 11.9 Å². The Morgan fingerprint density at radius 1 is 1.05 bits per heavy atom. The number of benzene rings is 3. The summed E-state index contributed by atoms with van der Waals surface area (Å²) in [5.74, 6) is -0.950. The molecule has 38 heavy (non-hydrogen) atoms. The Kier molecular flexibility index (Phi) is 6.06. The van der Waals surface area contributed by atoms with Crippen molar-refractivity contribution in [3.05, 3.63) is 126 Å². The topological polar surface area (TPSA) is 89.8 Å². The molecule has 1 N–H and O–H groups in total. The highest BCUT2D eigenvalue weighted by molar-refractivity contribution is 7.07. The van der Waals surface area contributed by atoms with E-state index in [0.717, 1.165) is 16.9 Å². The number of anilines is 1. The number of thiazole rings is 1. The molecule has 6 rings (SSSR count). The highest BCUT2D eigenvalue weighted by atomic mass is 35.5. The van der Waals surface area contributed by atoms with Crippen LogP contribution in [0.2, 0.25) is 5.02 Å². The fourth-order valence-corrected chi connectivity index (χ4v) is 6.08. The summed E-state index contributed by atoms with van der Waals surface area (Å²) in [6, 6.07) is 22.8. The largest absolute Gasteiger partial charge is 0.463 e. The van der Waals surface area contributed by atoms with E-state index in [1.165, 1.54) is 4.57 Å². The van der Waals surface area contributed by atoms with E-state index in [2.05, 4.69) is 5.32 Å². The first-order valence-electron chi connectivity index (χ1n) is 11.9. The molecule has 7 nitrogen and oxygen atoms in total. The predicted octanol–water partition coefficient (Wildman–Crippen LogP) is 3.91. The van der Waals surface area contributed by atoms with Crippen LogP contribution in [0.3, 0.4) is 0 Å². The van der Waals surface area contributed by atoms with Gasteiger partial charge >= 0.3 is 5.97 Å². The molecule has 1 atom stereocenters.